The summed E-state index contributed by atoms with van der Waals surface area (Å²) >= 11 is 9.41. The molecule has 2 heterocycles. The zero-order valence-electron chi connectivity index (χ0n) is 13.5. The van der Waals surface area contributed by atoms with Gasteiger partial charge in [-0.1, -0.05) is 45.7 Å². The molecule has 2 aromatic heterocycles. The fourth-order valence-electron chi connectivity index (χ4n) is 2.69. The van der Waals surface area contributed by atoms with E-state index in [2.05, 4.69) is 26.2 Å². The van der Waals surface area contributed by atoms with E-state index in [1.54, 1.807) is 12.1 Å². The number of hydrogen-bond acceptors (Lipinski definition) is 2. The Morgan fingerprint density at radius 1 is 1.04 bits per heavy atom. The van der Waals surface area contributed by atoms with Crippen LogP contribution in [0.1, 0.15) is 10.4 Å². The average molecular weight is 427 g/mol. The summed E-state index contributed by atoms with van der Waals surface area (Å²) in [5, 5.41) is 3.57. The standard InChI is InChI=1S/C20H13BrClN3O/c21-15-5-1-4-14(9-15)20(26)23-17-6-2-3-13(10-17)18-12-25-11-16(22)7-8-19(25)24-18/h1-12H,(H,23,26). The zero-order chi connectivity index (χ0) is 18.1. The van der Waals surface area contributed by atoms with Crippen molar-refractivity contribution in [2.45, 2.75) is 0 Å². The van der Waals surface area contributed by atoms with Crippen molar-refractivity contribution in [1.29, 1.82) is 0 Å². The van der Waals surface area contributed by atoms with E-state index >= 15 is 0 Å². The summed E-state index contributed by atoms with van der Waals surface area (Å²) in [6, 6.07) is 18.5. The highest BCUT2D eigenvalue weighted by Crippen LogP contribution is 2.24. The van der Waals surface area contributed by atoms with Crippen molar-refractivity contribution in [1.82, 2.24) is 9.38 Å². The van der Waals surface area contributed by atoms with E-state index in [4.69, 9.17) is 11.6 Å². The Labute approximate surface area is 163 Å². The first-order chi connectivity index (χ1) is 12.6. The van der Waals surface area contributed by atoms with E-state index in [0.29, 0.717) is 16.3 Å². The number of carbonyl (C=O) groups is 1. The molecule has 0 aliphatic carbocycles. The van der Waals surface area contributed by atoms with Gasteiger partial charge in [0.15, 0.2) is 0 Å². The summed E-state index contributed by atoms with van der Waals surface area (Å²) < 4.78 is 2.74. The molecule has 4 rings (SSSR count). The van der Waals surface area contributed by atoms with Crippen LogP contribution in [0.5, 0.6) is 0 Å². The zero-order valence-corrected chi connectivity index (χ0v) is 15.8. The Morgan fingerprint density at radius 2 is 1.88 bits per heavy atom. The van der Waals surface area contributed by atoms with Crippen LogP contribution in [0, 0.1) is 0 Å². The van der Waals surface area contributed by atoms with Crippen molar-refractivity contribution in [3.05, 3.63) is 88.1 Å². The number of anilines is 1. The van der Waals surface area contributed by atoms with E-state index in [9.17, 15) is 4.79 Å². The first-order valence-corrected chi connectivity index (χ1v) is 9.07. The molecule has 0 radical (unpaired) electrons. The normalized spacial score (nSPS) is 10.8. The highest BCUT2D eigenvalue weighted by atomic mass is 79.9. The number of amides is 1. The highest BCUT2D eigenvalue weighted by molar-refractivity contribution is 9.10. The largest absolute Gasteiger partial charge is 0.322 e. The molecule has 0 saturated heterocycles. The molecule has 0 fully saturated rings. The van der Waals surface area contributed by atoms with Gasteiger partial charge in [-0.2, -0.15) is 0 Å². The minimum atomic E-state index is -0.162. The minimum absolute atomic E-state index is 0.162. The number of aromatic nitrogens is 2. The van der Waals surface area contributed by atoms with Gasteiger partial charge in [-0.25, -0.2) is 4.98 Å². The van der Waals surface area contributed by atoms with Crippen LogP contribution in [-0.4, -0.2) is 15.3 Å². The van der Waals surface area contributed by atoms with Crippen molar-refractivity contribution in [2.75, 3.05) is 5.32 Å². The predicted octanol–water partition coefficient (Wildman–Crippen LogP) is 5.67. The van der Waals surface area contributed by atoms with Crippen molar-refractivity contribution in [3.8, 4) is 11.3 Å². The number of fused-ring (bicyclic) bond motifs is 1. The second-order valence-corrected chi connectivity index (χ2v) is 7.14. The van der Waals surface area contributed by atoms with Gasteiger partial charge in [0, 0.05) is 33.7 Å². The Morgan fingerprint density at radius 3 is 2.73 bits per heavy atom. The maximum Gasteiger partial charge on any atom is 0.255 e. The molecule has 6 heteroatoms. The van der Waals surface area contributed by atoms with E-state index in [-0.39, 0.29) is 5.91 Å². The second kappa shape index (κ2) is 6.94. The van der Waals surface area contributed by atoms with Crippen LogP contribution < -0.4 is 5.32 Å². The fourth-order valence-corrected chi connectivity index (χ4v) is 3.26. The lowest BCUT2D eigenvalue weighted by Gasteiger charge is -2.07. The van der Waals surface area contributed by atoms with Gasteiger partial charge in [0.2, 0.25) is 0 Å². The maximum absolute atomic E-state index is 12.4. The Bertz CT molecular complexity index is 1120. The number of benzene rings is 2. The first kappa shape index (κ1) is 16.8. The smallest absolute Gasteiger partial charge is 0.255 e. The SMILES string of the molecule is O=C(Nc1cccc(-c2cn3cc(Cl)ccc3n2)c1)c1cccc(Br)c1. The van der Waals surface area contributed by atoms with Crippen molar-refractivity contribution in [2.24, 2.45) is 0 Å². The third-order valence-corrected chi connectivity index (χ3v) is 4.63. The van der Waals surface area contributed by atoms with Gasteiger partial charge in [0.25, 0.3) is 5.91 Å². The number of carbonyl (C=O) groups excluding carboxylic acids is 1. The predicted molar refractivity (Wildman–Crippen MR) is 108 cm³/mol. The van der Waals surface area contributed by atoms with Crippen LogP contribution in [0.3, 0.4) is 0 Å². The third kappa shape index (κ3) is 3.49. The maximum atomic E-state index is 12.4. The van der Waals surface area contributed by atoms with E-state index in [0.717, 1.165) is 21.4 Å². The van der Waals surface area contributed by atoms with Gasteiger partial charge >= 0.3 is 0 Å². The Hall–Kier alpha value is -2.63. The van der Waals surface area contributed by atoms with Crippen LogP contribution >= 0.6 is 27.5 Å². The quantitative estimate of drug-likeness (QED) is 0.459. The highest BCUT2D eigenvalue weighted by Gasteiger charge is 2.09. The molecule has 1 N–H and O–H groups in total. The lowest BCUT2D eigenvalue weighted by Crippen LogP contribution is -2.11. The van der Waals surface area contributed by atoms with Crippen LogP contribution in [0.4, 0.5) is 5.69 Å². The van der Waals surface area contributed by atoms with Gasteiger partial charge in [-0.05, 0) is 42.5 Å². The molecular formula is C20H13BrClN3O. The molecule has 2 aromatic carbocycles. The Balaban J connectivity index is 1.62. The van der Waals surface area contributed by atoms with Crippen LogP contribution in [0.25, 0.3) is 16.9 Å². The number of nitrogens with zero attached hydrogens (tertiary/aromatic N) is 2. The van der Waals surface area contributed by atoms with Gasteiger partial charge in [0.1, 0.15) is 5.65 Å². The summed E-state index contributed by atoms with van der Waals surface area (Å²) in [5.74, 6) is -0.162. The monoisotopic (exact) mass is 425 g/mol. The molecule has 0 unspecified atom stereocenters. The van der Waals surface area contributed by atoms with E-state index < -0.39 is 0 Å². The molecule has 0 bridgehead atoms. The summed E-state index contributed by atoms with van der Waals surface area (Å²) in [5.41, 5.74) is 3.84. The first-order valence-electron chi connectivity index (χ1n) is 7.90. The fraction of sp³-hybridized carbons (Fsp3) is 0. The molecule has 0 aliphatic heterocycles. The molecule has 4 nitrogen and oxygen atoms in total. The summed E-state index contributed by atoms with van der Waals surface area (Å²) in [6.07, 6.45) is 3.72. The molecule has 0 atom stereocenters. The van der Waals surface area contributed by atoms with Gasteiger partial charge in [-0.3, -0.25) is 4.79 Å². The van der Waals surface area contributed by atoms with Gasteiger partial charge in [-0.15, -0.1) is 0 Å². The molecule has 0 saturated carbocycles. The number of pyridine rings is 1. The number of nitrogens with one attached hydrogen (secondary N) is 1. The Kier molecular flexibility index (Phi) is 4.49. The average Bonchev–Trinajstić information content (AvgIpc) is 3.05. The molecular weight excluding hydrogens is 414 g/mol. The lowest BCUT2D eigenvalue weighted by molar-refractivity contribution is 0.102. The molecule has 128 valence electrons. The summed E-state index contributed by atoms with van der Waals surface area (Å²) in [4.78, 5) is 17.0. The van der Waals surface area contributed by atoms with Crippen molar-refractivity contribution >= 4 is 44.8 Å². The van der Waals surface area contributed by atoms with Gasteiger partial charge < -0.3 is 9.72 Å². The number of imidazole rings is 1. The van der Waals surface area contributed by atoms with Crippen molar-refractivity contribution in [3.63, 3.8) is 0 Å². The number of hydrogen-bond donors (Lipinski definition) is 1. The molecule has 1 amide bonds. The topological polar surface area (TPSA) is 46.4 Å². The summed E-state index contributed by atoms with van der Waals surface area (Å²) in [6.45, 7) is 0. The third-order valence-electron chi connectivity index (χ3n) is 3.92. The number of rotatable bonds is 3. The summed E-state index contributed by atoms with van der Waals surface area (Å²) in [7, 11) is 0. The minimum Gasteiger partial charge on any atom is -0.322 e. The second-order valence-electron chi connectivity index (χ2n) is 5.78. The van der Waals surface area contributed by atoms with Crippen LogP contribution in [-0.2, 0) is 0 Å². The number of halogens is 2. The van der Waals surface area contributed by atoms with E-state index in [1.807, 2.05) is 65.3 Å². The van der Waals surface area contributed by atoms with Crippen LogP contribution in [0.15, 0.2) is 77.5 Å². The van der Waals surface area contributed by atoms with E-state index in [1.165, 1.54) is 0 Å². The van der Waals surface area contributed by atoms with Crippen molar-refractivity contribution < 1.29 is 4.79 Å². The molecule has 26 heavy (non-hydrogen) atoms. The lowest BCUT2D eigenvalue weighted by atomic mass is 10.1. The molecule has 0 aliphatic rings. The van der Waals surface area contributed by atoms with Gasteiger partial charge in [0.05, 0.1) is 10.7 Å². The molecule has 0 spiro atoms. The molecule has 4 aromatic rings. The van der Waals surface area contributed by atoms with Crippen LogP contribution in [0.2, 0.25) is 5.02 Å².